The quantitative estimate of drug-likeness (QED) is 0.369. The highest BCUT2D eigenvalue weighted by Crippen LogP contribution is 2.28. The van der Waals surface area contributed by atoms with Gasteiger partial charge in [-0.2, -0.15) is 0 Å². The van der Waals surface area contributed by atoms with Crippen molar-refractivity contribution in [3.8, 4) is 0 Å². The standard InChI is InChI=1S/C19H13/c1-13-5-4-8-16-11-17-9-14-6-2-3-7-15(14)10-18(17)12-19(13)16/h2-7,9-12H,1H3. The Morgan fingerprint density at radius 3 is 2.16 bits per heavy atom. The van der Waals surface area contributed by atoms with Crippen molar-refractivity contribution < 1.29 is 0 Å². The molecule has 1 radical (unpaired) electrons. The topological polar surface area (TPSA) is 0 Å². The van der Waals surface area contributed by atoms with Crippen molar-refractivity contribution in [2.45, 2.75) is 6.92 Å². The molecule has 0 heterocycles. The van der Waals surface area contributed by atoms with Crippen LogP contribution >= 0.6 is 0 Å². The molecule has 0 amide bonds. The number of benzene rings is 4. The number of hydrogen-bond donors (Lipinski definition) is 0. The molecule has 0 atom stereocenters. The summed E-state index contributed by atoms with van der Waals surface area (Å²) in [5, 5.41) is 7.67. The predicted molar refractivity (Wildman–Crippen MR) is 82.5 cm³/mol. The molecule has 0 bridgehead atoms. The number of aryl methyl sites for hydroxylation is 1. The summed E-state index contributed by atoms with van der Waals surface area (Å²) in [7, 11) is 0. The minimum Gasteiger partial charge on any atom is -0.0616 e. The van der Waals surface area contributed by atoms with E-state index in [1.807, 2.05) is 6.07 Å². The molecule has 4 aromatic rings. The van der Waals surface area contributed by atoms with Crippen molar-refractivity contribution in [2.75, 3.05) is 0 Å². The minimum absolute atomic E-state index is 1.20. The van der Waals surface area contributed by atoms with Crippen LogP contribution in [0.2, 0.25) is 0 Å². The van der Waals surface area contributed by atoms with Crippen molar-refractivity contribution in [3.05, 3.63) is 72.3 Å². The molecule has 19 heavy (non-hydrogen) atoms. The number of fused-ring (bicyclic) bond motifs is 3. The van der Waals surface area contributed by atoms with Crippen molar-refractivity contribution in [2.24, 2.45) is 0 Å². The second kappa shape index (κ2) is 3.83. The zero-order valence-corrected chi connectivity index (χ0v) is 10.8. The van der Waals surface area contributed by atoms with Gasteiger partial charge in [-0.1, -0.05) is 36.4 Å². The summed E-state index contributed by atoms with van der Waals surface area (Å²) in [6.45, 7) is 2.16. The average molecular weight is 241 g/mol. The summed E-state index contributed by atoms with van der Waals surface area (Å²) in [5.74, 6) is 0. The molecule has 0 spiro atoms. The van der Waals surface area contributed by atoms with Crippen molar-refractivity contribution in [1.29, 1.82) is 0 Å². The Balaban J connectivity index is 2.20. The minimum atomic E-state index is 1.20. The van der Waals surface area contributed by atoms with Crippen LogP contribution in [0, 0.1) is 13.0 Å². The van der Waals surface area contributed by atoms with Gasteiger partial charge in [0, 0.05) is 0 Å². The van der Waals surface area contributed by atoms with Gasteiger partial charge in [0.25, 0.3) is 0 Å². The molecule has 4 aromatic carbocycles. The maximum atomic E-state index is 3.33. The van der Waals surface area contributed by atoms with E-state index < -0.39 is 0 Å². The van der Waals surface area contributed by atoms with Crippen LogP contribution in [0.25, 0.3) is 32.3 Å². The van der Waals surface area contributed by atoms with Crippen molar-refractivity contribution >= 4 is 32.3 Å². The summed E-state index contributed by atoms with van der Waals surface area (Å²) in [4.78, 5) is 0. The molecule has 0 heteroatoms. The maximum Gasteiger partial charge on any atom is -0.00961 e. The lowest BCUT2D eigenvalue weighted by Gasteiger charge is -2.06. The van der Waals surface area contributed by atoms with Crippen LogP contribution in [-0.4, -0.2) is 0 Å². The molecule has 0 aromatic heterocycles. The van der Waals surface area contributed by atoms with E-state index >= 15 is 0 Å². The summed E-state index contributed by atoms with van der Waals surface area (Å²) < 4.78 is 0. The smallest absolute Gasteiger partial charge is 0.00961 e. The highest BCUT2D eigenvalue weighted by atomic mass is 14.1. The molecule has 0 aliphatic carbocycles. The van der Waals surface area contributed by atoms with E-state index in [4.69, 9.17) is 0 Å². The summed E-state index contributed by atoms with van der Waals surface area (Å²) in [6, 6.07) is 25.0. The first-order valence-electron chi connectivity index (χ1n) is 6.55. The van der Waals surface area contributed by atoms with E-state index in [0.29, 0.717) is 0 Å². The Kier molecular flexibility index (Phi) is 2.13. The molecule has 0 N–H and O–H groups in total. The molecule has 0 aliphatic heterocycles. The molecular weight excluding hydrogens is 228 g/mol. The Bertz CT molecular complexity index is 917. The Hall–Kier alpha value is -2.34. The Morgan fingerprint density at radius 1 is 0.737 bits per heavy atom. The molecule has 0 aliphatic rings. The second-order valence-corrected chi connectivity index (χ2v) is 5.10. The summed E-state index contributed by atoms with van der Waals surface area (Å²) in [6.07, 6.45) is 0. The van der Waals surface area contributed by atoms with Crippen LogP contribution in [-0.2, 0) is 0 Å². The molecule has 89 valence electrons. The fourth-order valence-electron chi connectivity index (χ4n) is 2.78. The highest BCUT2D eigenvalue weighted by Gasteiger charge is 2.02. The highest BCUT2D eigenvalue weighted by molar-refractivity contribution is 6.05. The van der Waals surface area contributed by atoms with Crippen molar-refractivity contribution in [3.63, 3.8) is 0 Å². The SMILES string of the molecule is Cc1cc[c]c2cc3cc4ccccc4cc3cc12. The van der Waals surface area contributed by atoms with Gasteiger partial charge in [0.2, 0.25) is 0 Å². The lowest BCUT2D eigenvalue weighted by atomic mass is 9.98. The molecule has 0 saturated heterocycles. The largest absolute Gasteiger partial charge is 0.0616 e. The fourth-order valence-corrected chi connectivity index (χ4v) is 2.78. The van der Waals surface area contributed by atoms with E-state index in [9.17, 15) is 0 Å². The monoisotopic (exact) mass is 241 g/mol. The lowest BCUT2D eigenvalue weighted by Crippen LogP contribution is -1.81. The van der Waals surface area contributed by atoms with Crippen LogP contribution in [0.5, 0.6) is 0 Å². The third kappa shape index (κ3) is 1.61. The molecular formula is C19H13. The zero-order valence-electron chi connectivity index (χ0n) is 10.8. The third-order valence-corrected chi connectivity index (χ3v) is 3.84. The van der Waals surface area contributed by atoms with Crippen LogP contribution in [0.1, 0.15) is 5.56 Å². The molecule has 0 saturated carbocycles. The van der Waals surface area contributed by atoms with Gasteiger partial charge < -0.3 is 0 Å². The molecule has 0 fully saturated rings. The van der Waals surface area contributed by atoms with E-state index in [2.05, 4.69) is 67.6 Å². The maximum absolute atomic E-state index is 3.33. The van der Waals surface area contributed by atoms with Gasteiger partial charge in [0.05, 0.1) is 0 Å². The first-order valence-corrected chi connectivity index (χ1v) is 6.55. The Morgan fingerprint density at radius 2 is 1.42 bits per heavy atom. The summed E-state index contributed by atoms with van der Waals surface area (Å²) >= 11 is 0. The van der Waals surface area contributed by atoms with E-state index in [0.717, 1.165) is 0 Å². The van der Waals surface area contributed by atoms with Gasteiger partial charge in [-0.05, 0) is 75.1 Å². The van der Waals surface area contributed by atoms with Gasteiger partial charge in [0.15, 0.2) is 0 Å². The van der Waals surface area contributed by atoms with Gasteiger partial charge in [0.1, 0.15) is 0 Å². The van der Waals surface area contributed by atoms with Crippen LogP contribution in [0.3, 0.4) is 0 Å². The van der Waals surface area contributed by atoms with Crippen LogP contribution in [0.4, 0.5) is 0 Å². The number of rotatable bonds is 0. The first kappa shape index (κ1) is 10.6. The molecule has 4 rings (SSSR count). The normalized spacial score (nSPS) is 11.4. The van der Waals surface area contributed by atoms with Crippen LogP contribution in [0.15, 0.2) is 60.7 Å². The fraction of sp³-hybridized carbons (Fsp3) is 0.0526. The van der Waals surface area contributed by atoms with Crippen LogP contribution < -0.4 is 0 Å². The predicted octanol–water partition coefficient (Wildman–Crippen LogP) is 5.25. The molecule has 0 nitrogen and oxygen atoms in total. The van der Waals surface area contributed by atoms with Gasteiger partial charge in [-0.15, -0.1) is 0 Å². The Labute approximate surface area is 112 Å². The van der Waals surface area contributed by atoms with E-state index in [-0.39, 0.29) is 0 Å². The number of hydrogen-bond acceptors (Lipinski definition) is 0. The van der Waals surface area contributed by atoms with Gasteiger partial charge >= 0.3 is 0 Å². The third-order valence-electron chi connectivity index (χ3n) is 3.84. The van der Waals surface area contributed by atoms with E-state index in [1.54, 1.807) is 0 Å². The van der Waals surface area contributed by atoms with Gasteiger partial charge in [-0.25, -0.2) is 0 Å². The zero-order chi connectivity index (χ0) is 12.8. The lowest BCUT2D eigenvalue weighted by molar-refractivity contribution is 1.54. The van der Waals surface area contributed by atoms with Crippen molar-refractivity contribution in [1.82, 2.24) is 0 Å². The summed E-state index contributed by atoms with van der Waals surface area (Å²) in [5.41, 5.74) is 1.31. The average Bonchev–Trinajstić information content (AvgIpc) is 2.44. The molecule has 0 unspecified atom stereocenters. The first-order chi connectivity index (χ1) is 9.31. The second-order valence-electron chi connectivity index (χ2n) is 5.10. The van der Waals surface area contributed by atoms with Gasteiger partial charge in [-0.3, -0.25) is 0 Å². The van der Waals surface area contributed by atoms with E-state index in [1.165, 1.54) is 37.9 Å².